The number of methoxy groups -OCH3 is 1. The molecular formula is C11H14ClF2NO. The minimum atomic E-state index is -0.916. The van der Waals surface area contributed by atoms with Crippen LogP contribution in [0.4, 0.5) is 8.78 Å². The third-order valence-corrected chi connectivity index (χ3v) is 2.60. The van der Waals surface area contributed by atoms with Gasteiger partial charge in [-0.3, -0.25) is 0 Å². The standard InChI is InChI=1S/C11H14ClF2NO/c1-15-4-3-7-5-9(12)8(6-16-2)11(14)10(7)13/h5,15H,3-4,6H2,1-2H3. The zero-order valence-corrected chi connectivity index (χ0v) is 10.00. The highest BCUT2D eigenvalue weighted by atomic mass is 35.5. The van der Waals surface area contributed by atoms with Gasteiger partial charge in [-0.15, -0.1) is 0 Å². The Morgan fingerprint density at radius 1 is 1.38 bits per heavy atom. The van der Waals surface area contributed by atoms with Gasteiger partial charge in [0.05, 0.1) is 6.61 Å². The molecule has 1 N–H and O–H groups in total. The molecule has 0 unspecified atom stereocenters. The van der Waals surface area contributed by atoms with E-state index in [1.807, 2.05) is 0 Å². The van der Waals surface area contributed by atoms with E-state index in [9.17, 15) is 8.78 Å². The number of rotatable bonds is 5. The lowest BCUT2D eigenvalue weighted by Gasteiger charge is -2.10. The second kappa shape index (κ2) is 6.13. The number of benzene rings is 1. The van der Waals surface area contributed by atoms with Gasteiger partial charge in [0.25, 0.3) is 0 Å². The van der Waals surface area contributed by atoms with Crippen LogP contribution in [-0.2, 0) is 17.8 Å². The average molecular weight is 250 g/mol. The first-order chi connectivity index (χ1) is 7.61. The molecule has 0 heterocycles. The summed E-state index contributed by atoms with van der Waals surface area (Å²) < 4.78 is 31.9. The quantitative estimate of drug-likeness (QED) is 0.810. The Hall–Kier alpha value is -0.710. The van der Waals surface area contributed by atoms with Crippen molar-refractivity contribution in [1.29, 1.82) is 0 Å². The van der Waals surface area contributed by atoms with E-state index in [1.54, 1.807) is 7.05 Å². The highest BCUT2D eigenvalue weighted by Gasteiger charge is 2.16. The molecule has 5 heteroatoms. The first-order valence-corrected chi connectivity index (χ1v) is 5.28. The molecule has 0 saturated carbocycles. The molecule has 0 saturated heterocycles. The smallest absolute Gasteiger partial charge is 0.166 e. The lowest BCUT2D eigenvalue weighted by Crippen LogP contribution is -2.12. The lowest BCUT2D eigenvalue weighted by molar-refractivity contribution is 0.180. The van der Waals surface area contributed by atoms with Gasteiger partial charge in [0.15, 0.2) is 11.6 Å². The van der Waals surface area contributed by atoms with Crippen LogP contribution in [0.3, 0.4) is 0 Å². The van der Waals surface area contributed by atoms with E-state index < -0.39 is 11.6 Å². The molecule has 0 amide bonds. The van der Waals surface area contributed by atoms with E-state index >= 15 is 0 Å². The van der Waals surface area contributed by atoms with E-state index in [0.29, 0.717) is 13.0 Å². The minimum Gasteiger partial charge on any atom is -0.380 e. The number of hydrogen-bond donors (Lipinski definition) is 1. The number of hydrogen-bond acceptors (Lipinski definition) is 2. The molecule has 0 spiro atoms. The molecule has 0 atom stereocenters. The Balaban J connectivity index is 3.06. The Bertz CT molecular complexity index is 371. The maximum absolute atomic E-state index is 13.6. The van der Waals surface area contributed by atoms with Gasteiger partial charge in [-0.2, -0.15) is 0 Å². The van der Waals surface area contributed by atoms with Gasteiger partial charge < -0.3 is 10.1 Å². The van der Waals surface area contributed by atoms with E-state index in [-0.39, 0.29) is 22.8 Å². The second-order valence-electron chi connectivity index (χ2n) is 3.41. The molecule has 1 aromatic carbocycles. The second-order valence-corrected chi connectivity index (χ2v) is 3.82. The highest BCUT2D eigenvalue weighted by Crippen LogP contribution is 2.25. The van der Waals surface area contributed by atoms with Gasteiger partial charge >= 0.3 is 0 Å². The monoisotopic (exact) mass is 249 g/mol. The summed E-state index contributed by atoms with van der Waals surface area (Å²) in [6, 6.07) is 1.45. The summed E-state index contributed by atoms with van der Waals surface area (Å²) in [4.78, 5) is 0. The van der Waals surface area contributed by atoms with Crippen molar-refractivity contribution >= 4 is 11.6 Å². The van der Waals surface area contributed by atoms with E-state index in [0.717, 1.165) is 0 Å². The molecule has 1 aromatic rings. The Kier molecular flexibility index (Phi) is 5.12. The number of ether oxygens (including phenoxy) is 1. The molecular weight excluding hydrogens is 236 g/mol. The van der Waals surface area contributed by atoms with Crippen LogP contribution in [0.25, 0.3) is 0 Å². The molecule has 0 radical (unpaired) electrons. The molecule has 16 heavy (non-hydrogen) atoms. The molecule has 0 fully saturated rings. The maximum atomic E-state index is 13.6. The molecule has 0 aliphatic rings. The molecule has 90 valence electrons. The van der Waals surface area contributed by atoms with Crippen molar-refractivity contribution in [2.45, 2.75) is 13.0 Å². The van der Waals surface area contributed by atoms with E-state index in [2.05, 4.69) is 5.32 Å². The van der Waals surface area contributed by atoms with Crippen LogP contribution >= 0.6 is 11.6 Å². The topological polar surface area (TPSA) is 21.3 Å². The molecule has 2 nitrogen and oxygen atoms in total. The van der Waals surface area contributed by atoms with Crippen molar-refractivity contribution in [3.8, 4) is 0 Å². The summed E-state index contributed by atoms with van der Waals surface area (Å²) in [7, 11) is 3.15. The number of halogens is 3. The van der Waals surface area contributed by atoms with Gasteiger partial charge in [-0.1, -0.05) is 11.6 Å². The van der Waals surface area contributed by atoms with Crippen LogP contribution in [0.2, 0.25) is 5.02 Å². The van der Waals surface area contributed by atoms with Crippen molar-refractivity contribution in [2.24, 2.45) is 0 Å². The first kappa shape index (κ1) is 13.4. The fourth-order valence-electron chi connectivity index (χ4n) is 1.40. The third kappa shape index (κ3) is 2.90. The van der Waals surface area contributed by atoms with Crippen LogP contribution in [0.1, 0.15) is 11.1 Å². The molecule has 0 aromatic heterocycles. The van der Waals surface area contributed by atoms with Crippen molar-refractivity contribution < 1.29 is 13.5 Å². The molecule has 0 aliphatic heterocycles. The normalized spacial score (nSPS) is 10.8. The fourth-order valence-corrected chi connectivity index (χ4v) is 1.67. The van der Waals surface area contributed by atoms with Crippen LogP contribution in [0.15, 0.2) is 6.07 Å². The van der Waals surface area contributed by atoms with Gasteiger partial charge in [0.2, 0.25) is 0 Å². The van der Waals surface area contributed by atoms with Gasteiger partial charge in [0, 0.05) is 17.7 Å². The zero-order chi connectivity index (χ0) is 12.1. The number of nitrogens with one attached hydrogen (secondary N) is 1. The molecule has 0 aliphatic carbocycles. The SMILES string of the molecule is CNCCc1cc(Cl)c(COC)c(F)c1F. The van der Waals surface area contributed by atoms with Crippen molar-refractivity contribution in [3.63, 3.8) is 0 Å². The first-order valence-electron chi connectivity index (χ1n) is 4.90. The Morgan fingerprint density at radius 3 is 2.62 bits per heavy atom. The Labute approximate surface area is 98.6 Å². The summed E-state index contributed by atoms with van der Waals surface area (Å²) in [6.45, 7) is 0.532. The van der Waals surface area contributed by atoms with Crippen LogP contribution in [0, 0.1) is 11.6 Å². The molecule has 1 rings (SSSR count). The predicted molar refractivity (Wildman–Crippen MR) is 59.7 cm³/mol. The van der Waals surface area contributed by atoms with Crippen LogP contribution in [-0.4, -0.2) is 20.7 Å². The van der Waals surface area contributed by atoms with E-state index in [4.69, 9.17) is 16.3 Å². The van der Waals surface area contributed by atoms with Gasteiger partial charge in [-0.25, -0.2) is 8.78 Å². The van der Waals surface area contributed by atoms with Crippen LogP contribution in [0.5, 0.6) is 0 Å². The lowest BCUT2D eigenvalue weighted by atomic mass is 10.1. The van der Waals surface area contributed by atoms with E-state index in [1.165, 1.54) is 13.2 Å². The summed E-state index contributed by atoms with van der Waals surface area (Å²) in [5, 5.41) is 3.07. The third-order valence-electron chi connectivity index (χ3n) is 2.26. The van der Waals surface area contributed by atoms with Gasteiger partial charge in [0.1, 0.15) is 0 Å². The average Bonchev–Trinajstić information content (AvgIpc) is 2.27. The molecule has 0 bridgehead atoms. The predicted octanol–water partition coefficient (Wildman–Crippen LogP) is 2.53. The Morgan fingerprint density at radius 2 is 2.06 bits per heavy atom. The number of likely N-dealkylation sites (N-methyl/N-ethyl adjacent to an activating group) is 1. The maximum Gasteiger partial charge on any atom is 0.166 e. The summed E-state index contributed by atoms with van der Waals surface area (Å²) in [5.74, 6) is -1.76. The van der Waals surface area contributed by atoms with Gasteiger partial charge in [-0.05, 0) is 31.6 Å². The van der Waals surface area contributed by atoms with Crippen molar-refractivity contribution in [2.75, 3.05) is 20.7 Å². The van der Waals surface area contributed by atoms with Crippen molar-refractivity contribution in [1.82, 2.24) is 5.32 Å². The summed E-state index contributed by atoms with van der Waals surface area (Å²) in [5.41, 5.74) is 0.339. The zero-order valence-electron chi connectivity index (χ0n) is 9.24. The minimum absolute atomic E-state index is 0.0338. The van der Waals surface area contributed by atoms with Crippen LogP contribution < -0.4 is 5.32 Å². The summed E-state index contributed by atoms with van der Waals surface area (Å²) in [6.07, 6.45) is 0.395. The fraction of sp³-hybridized carbons (Fsp3) is 0.455. The largest absolute Gasteiger partial charge is 0.380 e. The highest BCUT2D eigenvalue weighted by molar-refractivity contribution is 6.31. The summed E-state index contributed by atoms with van der Waals surface area (Å²) >= 11 is 5.86. The van der Waals surface area contributed by atoms with Crippen molar-refractivity contribution in [3.05, 3.63) is 33.9 Å².